The van der Waals surface area contributed by atoms with Gasteiger partial charge in [-0.3, -0.25) is 14.9 Å². The van der Waals surface area contributed by atoms with E-state index in [2.05, 4.69) is 5.32 Å². The smallest absolute Gasteiger partial charge is 0.270 e. The minimum absolute atomic E-state index is 0.0424. The molecule has 1 N–H and O–H groups in total. The van der Waals surface area contributed by atoms with E-state index in [1.807, 2.05) is 0 Å². The van der Waals surface area contributed by atoms with Gasteiger partial charge in [0.2, 0.25) is 0 Å². The van der Waals surface area contributed by atoms with Crippen molar-refractivity contribution in [3.05, 3.63) is 39.4 Å². The first-order valence-corrected chi connectivity index (χ1v) is 7.20. The number of benzene rings is 1. The minimum atomic E-state index is -0.469. The number of carbonyl (C=O) groups is 1. The Morgan fingerprint density at radius 1 is 1.43 bits per heavy atom. The molecule has 21 heavy (non-hydrogen) atoms. The second-order valence-electron chi connectivity index (χ2n) is 5.64. The Bertz CT molecular complexity index is 539. The average Bonchev–Trinajstić information content (AvgIpc) is 2.47. The number of nitro benzene ring substituents is 1. The van der Waals surface area contributed by atoms with Crippen molar-refractivity contribution >= 4 is 11.6 Å². The summed E-state index contributed by atoms with van der Waals surface area (Å²) in [4.78, 5) is 24.6. The van der Waals surface area contributed by atoms with Gasteiger partial charge in [-0.1, -0.05) is 6.07 Å². The molecule has 0 atom stereocenters. The van der Waals surface area contributed by atoms with Crippen LogP contribution in [0.2, 0.25) is 0 Å². The molecule has 1 fully saturated rings. The van der Waals surface area contributed by atoms with Crippen molar-refractivity contribution in [1.29, 1.82) is 0 Å². The quantitative estimate of drug-likeness (QED) is 0.680. The van der Waals surface area contributed by atoms with Gasteiger partial charge in [-0.15, -0.1) is 0 Å². The first kappa shape index (κ1) is 15.4. The maximum atomic E-state index is 12.5. The molecule has 1 aromatic carbocycles. The van der Waals surface area contributed by atoms with Crippen LogP contribution in [0.3, 0.4) is 0 Å². The van der Waals surface area contributed by atoms with Gasteiger partial charge < -0.3 is 10.2 Å². The van der Waals surface area contributed by atoms with Crippen LogP contribution in [0.4, 0.5) is 5.69 Å². The lowest BCUT2D eigenvalue weighted by atomic mass is 9.97. The largest absolute Gasteiger partial charge is 0.341 e. The maximum absolute atomic E-state index is 12.5. The molecule has 1 heterocycles. The number of carbonyl (C=O) groups excluding carboxylic acids is 1. The fourth-order valence-electron chi connectivity index (χ4n) is 2.69. The lowest BCUT2D eigenvalue weighted by Gasteiger charge is -2.27. The third kappa shape index (κ3) is 3.78. The zero-order valence-electron chi connectivity index (χ0n) is 12.5. The number of non-ortho nitro benzene ring substituents is 1. The van der Waals surface area contributed by atoms with Crippen LogP contribution in [0.5, 0.6) is 0 Å². The summed E-state index contributed by atoms with van der Waals surface area (Å²) in [5, 5.41) is 14.1. The Kier molecular flexibility index (Phi) is 4.90. The molecule has 0 saturated carbocycles. The summed E-state index contributed by atoms with van der Waals surface area (Å²) < 4.78 is 0. The van der Waals surface area contributed by atoms with Crippen molar-refractivity contribution in [2.45, 2.75) is 19.8 Å². The highest BCUT2D eigenvalue weighted by molar-refractivity contribution is 5.96. The number of aryl methyl sites for hydroxylation is 1. The summed E-state index contributed by atoms with van der Waals surface area (Å²) in [5.74, 6) is 0.355. The second kappa shape index (κ2) is 6.67. The monoisotopic (exact) mass is 291 g/mol. The fraction of sp³-hybridized carbons (Fsp3) is 0.533. The molecular formula is C15H21N3O3. The molecule has 1 aliphatic heterocycles. The van der Waals surface area contributed by atoms with Crippen LogP contribution in [0.1, 0.15) is 28.8 Å². The standard InChI is InChI=1S/C15H21N3O3/c1-11-3-4-13(18(20)21)9-14(11)15(19)17(2)10-12-5-7-16-8-6-12/h3-4,9,12,16H,5-8,10H2,1-2H3. The fourth-order valence-corrected chi connectivity index (χ4v) is 2.69. The van der Waals surface area contributed by atoms with Crippen molar-refractivity contribution in [3.63, 3.8) is 0 Å². The number of nitro groups is 1. The zero-order chi connectivity index (χ0) is 15.4. The van der Waals surface area contributed by atoms with Gasteiger partial charge in [0.25, 0.3) is 11.6 Å². The van der Waals surface area contributed by atoms with Gasteiger partial charge in [0.05, 0.1) is 4.92 Å². The van der Waals surface area contributed by atoms with Crippen LogP contribution in [-0.2, 0) is 0 Å². The molecular weight excluding hydrogens is 270 g/mol. The SMILES string of the molecule is Cc1ccc([N+](=O)[O-])cc1C(=O)N(C)CC1CCNCC1. The van der Waals surface area contributed by atoms with Crippen molar-refractivity contribution in [1.82, 2.24) is 10.2 Å². The van der Waals surface area contributed by atoms with E-state index in [0.29, 0.717) is 18.0 Å². The third-order valence-corrected chi connectivity index (χ3v) is 4.00. The number of nitrogens with one attached hydrogen (secondary N) is 1. The molecule has 0 bridgehead atoms. The molecule has 0 aliphatic carbocycles. The molecule has 6 nitrogen and oxygen atoms in total. The zero-order valence-corrected chi connectivity index (χ0v) is 12.5. The van der Waals surface area contributed by atoms with Crippen LogP contribution in [0.15, 0.2) is 18.2 Å². The van der Waals surface area contributed by atoms with Gasteiger partial charge in [-0.05, 0) is 44.3 Å². The van der Waals surface area contributed by atoms with Crippen LogP contribution < -0.4 is 5.32 Å². The van der Waals surface area contributed by atoms with E-state index in [4.69, 9.17) is 0 Å². The van der Waals surface area contributed by atoms with E-state index < -0.39 is 4.92 Å². The summed E-state index contributed by atoms with van der Waals surface area (Å²) in [6.07, 6.45) is 2.12. The van der Waals surface area contributed by atoms with Gasteiger partial charge in [-0.25, -0.2) is 0 Å². The van der Waals surface area contributed by atoms with Crippen molar-refractivity contribution < 1.29 is 9.72 Å². The van der Waals surface area contributed by atoms with E-state index in [-0.39, 0.29) is 11.6 Å². The van der Waals surface area contributed by atoms with Gasteiger partial charge in [0.1, 0.15) is 0 Å². The van der Waals surface area contributed by atoms with E-state index in [1.54, 1.807) is 24.9 Å². The number of rotatable bonds is 4. The van der Waals surface area contributed by atoms with Crippen LogP contribution >= 0.6 is 0 Å². The first-order valence-electron chi connectivity index (χ1n) is 7.20. The van der Waals surface area contributed by atoms with Gasteiger partial charge in [-0.2, -0.15) is 0 Å². The highest BCUT2D eigenvalue weighted by Crippen LogP contribution is 2.20. The third-order valence-electron chi connectivity index (χ3n) is 4.00. The number of hydrogen-bond donors (Lipinski definition) is 1. The molecule has 1 aliphatic rings. The number of piperidine rings is 1. The topological polar surface area (TPSA) is 75.5 Å². The molecule has 0 spiro atoms. The van der Waals surface area contributed by atoms with Gasteiger partial charge in [0, 0.05) is 31.3 Å². The summed E-state index contributed by atoms with van der Waals surface area (Å²) >= 11 is 0. The van der Waals surface area contributed by atoms with Crippen molar-refractivity contribution in [2.75, 3.05) is 26.7 Å². The predicted octanol–water partition coefficient (Wildman–Crippen LogP) is 1.97. The lowest BCUT2D eigenvalue weighted by Crippen LogP contribution is -2.37. The second-order valence-corrected chi connectivity index (χ2v) is 5.64. The molecule has 114 valence electrons. The minimum Gasteiger partial charge on any atom is -0.341 e. The molecule has 1 aromatic rings. The number of hydrogen-bond acceptors (Lipinski definition) is 4. The highest BCUT2D eigenvalue weighted by Gasteiger charge is 2.21. The Hall–Kier alpha value is -1.95. The Balaban J connectivity index is 2.10. The van der Waals surface area contributed by atoms with E-state index in [0.717, 1.165) is 31.5 Å². The Morgan fingerprint density at radius 2 is 2.10 bits per heavy atom. The molecule has 0 radical (unpaired) electrons. The Labute approximate surface area is 124 Å². The van der Waals surface area contributed by atoms with Crippen LogP contribution in [0.25, 0.3) is 0 Å². The van der Waals surface area contributed by atoms with Crippen LogP contribution in [0, 0.1) is 23.0 Å². The molecule has 0 aromatic heterocycles. The Morgan fingerprint density at radius 3 is 2.71 bits per heavy atom. The predicted molar refractivity (Wildman–Crippen MR) is 80.4 cm³/mol. The van der Waals surface area contributed by atoms with E-state index >= 15 is 0 Å². The summed E-state index contributed by atoms with van der Waals surface area (Å²) in [6, 6.07) is 4.43. The molecule has 6 heteroatoms. The highest BCUT2D eigenvalue weighted by atomic mass is 16.6. The molecule has 0 unspecified atom stereocenters. The normalized spacial score (nSPS) is 15.7. The van der Waals surface area contributed by atoms with Gasteiger partial charge >= 0.3 is 0 Å². The van der Waals surface area contributed by atoms with Crippen molar-refractivity contribution in [3.8, 4) is 0 Å². The van der Waals surface area contributed by atoms with E-state index in [9.17, 15) is 14.9 Å². The van der Waals surface area contributed by atoms with E-state index in [1.165, 1.54) is 12.1 Å². The van der Waals surface area contributed by atoms with Crippen LogP contribution in [-0.4, -0.2) is 42.4 Å². The molecule has 1 amide bonds. The lowest BCUT2D eigenvalue weighted by molar-refractivity contribution is -0.384. The van der Waals surface area contributed by atoms with Crippen molar-refractivity contribution in [2.24, 2.45) is 5.92 Å². The number of nitrogens with zero attached hydrogens (tertiary/aromatic N) is 2. The molecule has 2 rings (SSSR count). The maximum Gasteiger partial charge on any atom is 0.270 e. The van der Waals surface area contributed by atoms with Gasteiger partial charge in [0.15, 0.2) is 0 Å². The summed E-state index contributed by atoms with van der Waals surface area (Å²) in [6.45, 7) is 4.48. The number of amides is 1. The average molecular weight is 291 g/mol. The summed E-state index contributed by atoms with van der Waals surface area (Å²) in [7, 11) is 1.77. The molecule has 1 saturated heterocycles. The first-order chi connectivity index (χ1) is 9.99. The summed E-state index contributed by atoms with van der Waals surface area (Å²) in [5.41, 5.74) is 1.14.